The Morgan fingerprint density at radius 3 is 2.42 bits per heavy atom. The molecule has 1 saturated heterocycles. The minimum atomic E-state index is -5.08. The third kappa shape index (κ3) is 7.72. The molecule has 240 valence electrons. The summed E-state index contributed by atoms with van der Waals surface area (Å²) >= 11 is 0. The van der Waals surface area contributed by atoms with Gasteiger partial charge in [-0.3, -0.25) is 4.72 Å². The maximum absolute atomic E-state index is 14.2. The van der Waals surface area contributed by atoms with E-state index in [-0.39, 0.29) is 17.6 Å². The zero-order valence-electron chi connectivity index (χ0n) is 23.9. The molecule has 1 fully saturated rings. The van der Waals surface area contributed by atoms with Crippen LogP contribution in [-0.4, -0.2) is 72.9 Å². The van der Waals surface area contributed by atoms with Crippen LogP contribution >= 0.6 is 0 Å². The average Bonchev–Trinajstić information content (AvgIpc) is 2.97. The maximum atomic E-state index is 14.2. The van der Waals surface area contributed by atoms with Crippen LogP contribution < -0.4 is 19.7 Å². The number of pyridine rings is 1. The van der Waals surface area contributed by atoms with Crippen molar-refractivity contribution in [1.82, 2.24) is 20.3 Å². The lowest BCUT2D eigenvalue weighted by atomic mass is 10.0. The molecule has 0 aliphatic carbocycles. The van der Waals surface area contributed by atoms with Crippen LogP contribution in [0.1, 0.15) is 13.8 Å². The second-order valence-electron chi connectivity index (χ2n) is 10.0. The van der Waals surface area contributed by atoms with Gasteiger partial charge < -0.3 is 20.1 Å². The van der Waals surface area contributed by atoms with E-state index in [4.69, 9.17) is 14.6 Å². The summed E-state index contributed by atoms with van der Waals surface area (Å²) in [6, 6.07) is 9.97. The summed E-state index contributed by atoms with van der Waals surface area (Å²) in [6.45, 7) is 5.86. The summed E-state index contributed by atoms with van der Waals surface area (Å²) in [7, 11) is -3.06. The fourth-order valence-corrected chi connectivity index (χ4v) is 5.62. The number of piperazine rings is 1. The van der Waals surface area contributed by atoms with Crippen molar-refractivity contribution < 1.29 is 45.0 Å². The van der Waals surface area contributed by atoms with Crippen LogP contribution in [0.4, 0.5) is 33.5 Å². The first-order chi connectivity index (χ1) is 21.1. The first-order valence-corrected chi connectivity index (χ1v) is 14.7. The second kappa shape index (κ2) is 13.2. The lowest BCUT2D eigenvalue weighted by Crippen LogP contribution is -2.54. The van der Waals surface area contributed by atoms with Crippen LogP contribution in [0.15, 0.2) is 59.9 Å². The number of carbonyl (C=O) groups is 1. The van der Waals surface area contributed by atoms with Gasteiger partial charge in [-0.15, -0.1) is 0 Å². The summed E-state index contributed by atoms with van der Waals surface area (Å²) in [6.07, 6.45) is -1.98. The molecule has 5 rings (SSSR count). The van der Waals surface area contributed by atoms with E-state index in [0.717, 1.165) is 47.5 Å². The Morgan fingerprint density at radius 2 is 1.78 bits per heavy atom. The van der Waals surface area contributed by atoms with E-state index in [1.807, 2.05) is 18.2 Å². The Labute approximate surface area is 254 Å². The van der Waals surface area contributed by atoms with E-state index in [2.05, 4.69) is 43.7 Å². The standard InChI is InChI=1S/C26H26F2N6O3S.C2HF3O2/c1-15-13-34(16(2)11-29-15)25-20-8-17(4-6-22(20)31-14-32-25)18-9-23(26(37-3)30-12-18)33-38(35,36)24-7-5-19(27)10-21(24)28;3-2(4,5)1(6)7/h4-10,12,14-16,29,33H,11,13H2,1-3H3;(H,6,7)/t15-,16+;/m1./s1. The lowest BCUT2D eigenvalue weighted by Gasteiger charge is -2.38. The van der Waals surface area contributed by atoms with Crippen molar-refractivity contribution in [2.75, 3.05) is 29.8 Å². The minimum absolute atomic E-state index is 0.00269. The highest BCUT2D eigenvalue weighted by Gasteiger charge is 2.38. The molecule has 3 N–H and O–H groups in total. The van der Waals surface area contributed by atoms with Crippen molar-refractivity contribution >= 4 is 38.4 Å². The molecule has 0 unspecified atom stereocenters. The summed E-state index contributed by atoms with van der Waals surface area (Å²) in [4.78, 5) is 23.7. The van der Waals surface area contributed by atoms with E-state index in [9.17, 15) is 30.4 Å². The number of methoxy groups -OCH3 is 1. The Balaban J connectivity index is 0.000000591. The van der Waals surface area contributed by atoms with Crippen LogP contribution in [0.2, 0.25) is 0 Å². The van der Waals surface area contributed by atoms with E-state index in [1.165, 1.54) is 7.11 Å². The Bertz CT molecular complexity index is 1830. The second-order valence-corrected chi connectivity index (χ2v) is 11.7. The topological polar surface area (TPSA) is 147 Å². The average molecular weight is 655 g/mol. The van der Waals surface area contributed by atoms with Crippen molar-refractivity contribution in [2.24, 2.45) is 0 Å². The number of ether oxygens (including phenoxy) is 1. The van der Waals surface area contributed by atoms with Crippen LogP contribution in [-0.2, 0) is 14.8 Å². The van der Waals surface area contributed by atoms with Crippen molar-refractivity contribution in [2.45, 2.75) is 37.0 Å². The predicted molar refractivity (Wildman–Crippen MR) is 154 cm³/mol. The number of aromatic nitrogens is 3. The van der Waals surface area contributed by atoms with E-state index in [1.54, 1.807) is 18.6 Å². The van der Waals surface area contributed by atoms with Crippen LogP contribution in [0.5, 0.6) is 5.88 Å². The quantitative estimate of drug-likeness (QED) is 0.252. The minimum Gasteiger partial charge on any atom is -0.480 e. The number of hydrogen-bond acceptors (Lipinski definition) is 9. The SMILES string of the molecule is COc1ncc(-c2ccc3ncnc(N4C[C@@H](C)NC[C@@H]4C)c3c2)cc1NS(=O)(=O)c1ccc(F)cc1F.O=C(O)C(F)(F)F. The Morgan fingerprint density at radius 1 is 1.07 bits per heavy atom. The molecule has 11 nitrogen and oxygen atoms in total. The van der Waals surface area contributed by atoms with Gasteiger partial charge in [-0.25, -0.2) is 36.9 Å². The molecule has 0 bridgehead atoms. The molecular formula is C28H27F5N6O5S. The highest BCUT2D eigenvalue weighted by molar-refractivity contribution is 7.92. The zero-order valence-corrected chi connectivity index (χ0v) is 24.7. The van der Waals surface area contributed by atoms with Crippen molar-refractivity contribution in [1.29, 1.82) is 0 Å². The normalized spacial score (nSPS) is 16.9. The number of carboxylic acids is 1. The molecule has 3 heterocycles. The fourth-order valence-electron chi connectivity index (χ4n) is 4.51. The Hall–Kier alpha value is -4.64. The Kier molecular flexibility index (Phi) is 9.72. The number of benzene rings is 2. The lowest BCUT2D eigenvalue weighted by molar-refractivity contribution is -0.192. The number of carboxylic acid groups (broad SMARTS) is 1. The molecule has 0 saturated carbocycles. The van der Waals surface area contributed by atoms with Crippen LogP contribution in [0.25, 0.3) is 22.0 Å². The van der Waals surface area contributed by atoms with Gasteiger partial charge in [0.2, 0.25) is 5.88 Å². The molecule has 17 heteroatoms. The number of fused-ring (bicyclic) bond motifs is 1. The number of nitrogens with zero attached hydrogens (tertiary/aromatic N) is 4. The molecule has 2 aromatic carbocycles. The number of anilines is 2. The number of aliphatic carboxylic acids is 1. The van der Waals surface area contributed by atoms with Crippen molar-refractivity contribution in [3.05, 3.63) is 66.6 Å². The van der Waals surface area contributed by atoms with Gasteiger partial charge >= 0.3 is 12.1 Å². The third-order valence-electron chi connectivity index (χ3n) is 6.70. The molecule has 1 aliphatic heterocycles. The summed E-state index contributed by atoms with van der Waals surface area (Å²) in [5, 5.41) is 11.4. The van der Waals surface area contributed by atoms with E-state index < -0.39 is 38.7 Å². The van der Waals surface area contributed by atoms with Gasteiger partial charge in [0.15, 0.2) is 0 Å². The number of sulfonamides is 1. The molecule has 0 radical (unpaired) electrons. The van der Waals surface area contributed by atoms with E-state index in [0.29, 0.717) is 17.7 Å². The van der Waals surface area contributed by atoms with E-state index >= 15 is 0 Å². The molecule has 2 atom stereocenters. The van der Waals surface area contributed by atoms with Crippen LogP contribution in [0, 0.1) is 11.6 Å². The third-order valence-corrected chi connectivity index (χ3v) is 8.10. The smallest absolute Gasteiger partial charge is 0.480 e. The van der Waals surface area contributed by atoms with Gasteiger partial charge in [0.05, 0.1) is 12.6 Å². The van der Waals surface area contributed by atoms with Gasteiger partial charge in [0.1, 0.15) is 34.4 Å². The van der Waals surface area contributed by atoms with Crippen molar-refractivity contribution in [3.8, 4) is 17.0 Å². The molecule has 0 spiro atoms. The van der Waals surface area contributed by atoms with Gasteiger partial charge in [0.25, 0.3) is 10.0 Å². The first kappa shape index (κ1) is 33.3. The summed E-state index contributed by atoms with van der Waals surface area (Å²) in [5.74, 6) is -4.04. The van der Waals surface area contributed by atoms with Crippen LogP contribution in [0.3, 0.4) is 0 Å². The molecule has 1 aliphatic rings. The molecule has 4 aromatic rings. The number of alkyl halides is 3. The number of rotatable bonds is 6. The van der Waals surface area contributed by atoms with Gasteiger partial charge in [0, 0.05) is 48.4 Å². The van der Waals surface area contributed by atoms with Gasteiger partial charge in [-0.1, -0.05) is 6.07 Å². The number of halogens is 5. The highest BCUT2D eigenvalue weighted by Crippen LogP contribution is 2.34. The zero-order chi connectivity index (χ0) is 33.1. The monoisotopic (exact) mass is 654 g/mol. The largest absolute Gasteiger partial charge is 0.490 e. The summed E-state index contributed by atoms with van der Waals surface area (Å²) < 4.78 is 92.7. The molecular weight excluding hydrogens is 627 g/mol. The summed E-state index contributed by atoms with van der Waals surface area (Å²) in [5.41, 5.74) is 2.10. The molecule has 45 heavy (non-hydrogen) atoms. The van der Waals surface area contributed by atoms with Crippen molar-refractivity contribution in [3.63, 3.8) is 0 Å². The highest BCUT2D eigenvalue weighted by atomic mass is 32.2. The molecule has 0 amide bonds. The maximum Gasteiger partial charge on any atom is 0.490 e. The fraction of sp³-hybridized carbons (Fsp3) is 0.286. The number of nitrogens with one attached hydrogen (secondary N) is 2. The first-order valence-electron chi connectivity index (χ1n) is 13.2. The van der Waals surface area contributed by atoms with Gasteiger partial charge in [-0.2, -0.15) is 13.2 Å². The van der Waals surface area contributed by atoms with Gasteiger partial charge in [-0.05, 0) is 49.7 Å². The number of hydrogen-bond donors (Lipinski definition) is 3. The molecule has 2 aromatic heterocycles. The predicted octanol–water partition coefficient (Wildman–Crippen LogP) is 4.60.